The summed E-state index contributed by atoms with van der Waals surface area (Å²) in [5.74, 6) is -0.824. The van der Waals surface area contributed by atoms with Crippen LogP contribution in [0, 0.1) is 5.92 Å². The lowest BCUT2D eigenvalue weighted by atomic mass is 9.93. The Labute approximate surface area is 121 Å². The average molecular weight is 304 g/mol. The molecule has 118 valence electrons. The Morgan fingerprint density at radius 2 is 2.24 bits per heavy atom. The molecule has 1 fully saturated rings. The highest BCUT2D eigenvalue weighted by Gasteiger charge is 2.42. The number of carbonyl (C=O) groups is 1. The number of nitrogens with zero attached hydrogens (tertiary/aromatic N) is 3. The van der Waals surface area contributed by atoms with Gasteiger partial charge in [-0.1, -0.05) is 0 Å². The summed E-state index contributed by atoms with van der Waals surface area (Å²) in [6.07, 6.45) is -0.585. The van der Waals surface area contributed by atoms with Crippen molar-refractivity contribution in [3.8, 4) is 0 Å². The molecule has 5 nitrogen and oxygen atoms in total. The van der Waals surface area contributed by atoms with Gasteiger partial charge in [-0.05, 0) is 12.8 Å². The lowest BCUT2D eigenvalue weighted by Crippen LogP contribution is -2.51. The van der Waals surface area contributed by atoms with Crippen molar-refractivity contribution in [3.63, 3.8) is 0 Å². The highest BCUT2D eigenvalue weighted by atomic mass is 19.4. The number of aryl methyl sites for hydroxylation is 1. The van der Waals surface area contributed by atoms with Crippen LogP contribution in [0.1, 0.15) is 18.7 Å². The number of rotatable bonds is 3. The summed E-state index contributed by atoms with van der Waals surface area (Å²) in [7, 11) is 3.46. The lowest BCUT2D eigenvalue weighted by molar-refractivity contribution is -0.180. The molecule has 2 heterocycles. The van der Waals surface area contributed by atoms with Gasteiger partial charge in [-0.3, -0.25) is 4.79 Å². The van der Waals surface area contributed by atoms with Gasteiger partial charge < -0.3 is 14.8 Å². The van der Waals surface area contributed by atoms with Crippen LogP contribution in [-0.4, -0.2) is 46.2 Å². The van der Waals surface area contributed by atoms with E-state index in [9.17, 15) is 18.0 Å². The number of alkyl halides is 3. The molecule has 1 aromatic heterocycles. The van der Waals surface area contributed by atoms with Crippen molar-refractivity contribution in [2.75, 3.05) is 13.6 Å². The molecule has 0 spiro atoms. The van der Waals surface area contributed by atoms with E-state index in [1.54, 1.807) is 24.0 Å². The van der Waals surface area contributed by atoms with Crippen LogP contribution in [0.3, 0.4) is 0 Å². The zero-order valence-electron chi connectivity index (χ0n) is 12.0. The van der Waals surface area contributed by atoms with E-state index in [1.165, 1.54) is 4.90 Å². The Kier molecular flexibility index (Phi) is 4.55. The number of carbonyl (C=O) groups excluding carboxylic acids is 1. The zero-order chi connectivity index (χ0) is 15.6. The molecule has 2 atom stereocenters. The van der Waals surface area contributed by atoms with Crippen LogP contribution in [0.4, 0.5) is 13.2 Å². The minimum Gasteiger partial charge on any atom is -0.337 e. The smallest absolute Gasteiger partial charge is 0.337 e. The van der Waals surface area contributed by atoms with Gasteiger partial charge in [0.05, 0.1) is 18.5 Å². The maximum atomic E-state index is 12.6. The summed E-state index contributed by atoms with van der Waals surface area (Å²) in [4.78, 5) is 17.9. The van der Waals surface area contributed by atoms with Crippen molar-refractivity contribution in [2.45, 2.75) is 31.6 Å². The van der Waals surface area contributed by atoms with E-state index in [-0.39, 0.29) is 25.3 Å². The molecule has 1 amide bonds. The van der Waals surface area contributed by atoms with Gasteiger partial charge in [-0.25, -0.2) is 4.98 Å². The zero-order valence-corrected chi connectivity index (χ0v) is 12.0. The molecule has 0 bridgehead atoms. The summed E-state index contributed by atoms with van der Waals surface area (Å²) >= 11 is 0. The second-order valence-electron chi connectivity index (χ2n) is 5.43. The average Bonchev–Trinajstić information content (AvgIpc) is 2.82. The molecule has 0 saturated carbocycles. The third-order valence-electron chi connectivity index (χ3n) is 3.85. The molecular formula is C13H19F3N4O. The first-order chi connectivity index (χ1) is 9.79. The molecule has 21 heavy (non-hydrogen) atoms. The predicted octanol–water partition coefficient (Wildman–Crippen LogP) is 1.31. The summed E-state index contributed by atoms with van der Waals surface area (Å²) in [5, 5.41) is 2.71. The second-order valence-corrected chi connectivity index (χ2v) is 5.43. The first-order valence-corrected chi connectivity index (χ1v) is 6.80. The lowest BCUT2D eigenvalue weighted by Gasteiger charge is -2.32. The van der Waals surface area contributed by atoms with E-state index in [1.807, 2.05) is 7.05 Å². The predicted molar refractivity (Wildman–Crippen MR) is 70.3 cm³/mol. The van der Waals surface area contributed by atoms with E-state index in [4.69, 9.17) is 0 Å². The molecule has 8 heteroatoms. The van der Waals surface area contributed by atoms with E-state index < -0.39 is 18.1 Å². The summed E-state index contributed by atoms with van der Waals surface area (Å²) in [5.41, 5.74) is 0. The molecule has 0 aromatic carbocycles. The summed E-state index contributed by atoms with van der Waals surface area (Å²) in [6.45, 7) is 0.138. The van der Waals surface area contributed by atoms with Crippen molar-refractivity contribution in [3.05, 3.63) is 18.2 Å². The second kappa shape index (κ2) is 6.05. The van der Waals surface area contributed by atoms with Gasteiger partial charge in [0, 0.05) is 33.0 Å². The fraction of sp³-hybridized carbons (Fsp3) is 0.692. The van der Waals surface area contributed by atoms with Crippen molar-refractivity contribution in [1.29, 1.82) is 0 Å². The van der Waals surface area contributed by atoms with Crippen LogP contribution in [0.5, 0.6) is 0 Å². The minimum atomic E-state index is -4.19. The number of hydrogen-bond acceptors (Lipinski definition) is 3. The third-order valence-corrected chi connectivity index (χ3v) is 3.85. The molecule has 0 radical (unpaired) electrons. The maximum Gasteiger partial charge on any atom is 0.393 e. The van der Waals surface area contributed by atoms with E-state index in [0.717, 1.165) is 5.82 Å². The van der Waals surface area contributed by atoms with Gasteiger partial charge in [-0.15, -0.1) is 0 Å². The molecule has 1 saturated heterocycles. The molecule has 0 aliphatic carbocycles. The van der Waals surface area contributed by atoms with Crippen LogP contribution in [0.2, 0.25) is 0 Å². The van der Waals surface area contributed by atoms with Gasteiger partial charge in [0.1, 0.15) is 5.82 Å². The number of nitrogens with one attached hydrogen (secondary N) is 1. The van der Waals surface area contributed by atoms with Gasteiger partial charge in [0.25, 0.3) is 0 Å². The maximum absolute atomic E-state index is 12.6. The Balaban J connectivity index is 1.88. The number of halogens is 3. The number of piperidine rings is 1. The van der Waals surface area contributed by atoms with Gasteiger partial charge in [0.15, 0.2) is 0 Å². The molecule has 2 unspecified atom stereocenters. The van der Waals surface area contributed by atoms with E-state index in [2.05, 4.69) is 10.3 Å². The highest BCUT2D eigenvalue weighted by Crippen LogP contribution is 2.32. The number of likely N-dealkylation sites (N-methyl/N-ethyl adjacent to an activating group) is 1. The minimum absolute atomic E-state index is 0.0108. The van der Waals surface area contributed by atoms with Gasteiger partial charge in [-0.2, -0.15) is 13.2 Å². The van der Waals surface area contributed by atoms with E-state index in [0.29, 0.717) is 6.54 Å². The Morgan fingerprint density at radius 1 is 1.52 bits per heavy atom. The SMILES string of the molecule is CN(Cc1nccn1C)C(=O)C1CCC(C(F)(F)F)CN1. The summed E-state index contributed by atoms with van der Waals surface area (Å²) in [6, 6.07) is -0.547. The molecule has 1 N–H and O–H groups in total. The van der Waals surface area contributed by atoms with Crippen molar-refractivity contribution >= 4 is 5.91 Å². The van der Waals surface area contributed by atoms with Crippen molar-refractivity contribution < 1.29 is 18.0 Å². The molecular weight excluding hydrogens is 285 g/mol. The molecule has 2 rings (SSSR count). The van der Waals surface area contributed by atoms with Crippen LogP contribution >= 0.6 is 0 Å². The number of imidazole rings is 1. The summed E-state index contributed by atoms with van der Waals surface area (Å²) < 4.78 is 39.5. The van der Waals surface area contributed by atoms with Gasteiger partial charge in [0.2, 0.25) is 5.91 Å². The van der Waals surface area contributed by atoms with Crippen LogP contribution in [0.25, 0.3) is 0 Å². The topological polar surface area (TPSA) is 50.2 Å². The van der Waals surface area contributed by atoms with Crippen LogP contribution < -0.4 is 5.32 Å². The number of aromatic nitrogens is 2. The Morgan fingerprint density at radius 3 is 2.71 bits per heavy atom. The first kappa shape index (κ1) is 15.8. The number of amides is 1. The normalized spacial score (nSPS) is 23.1. The Hall–Kier alpha value is -1.57. The Bertz CT molecular complexity index is 492. The van der Waals surface area contributed by atoms with Crippen LogP contribution in [0.15, 0.2) is 12.4 Å². The van der Waals surface area contributed by atoms with Gasteiger partial charge >= 0.3 is 6.18 Å². The van der Waals surface area contributed by atoms with E-state index >= 15 is 0 Å². The molecule has 1 aromatic rings. The molecule has 1 aliphatic heterocycles. The van der Waals surface area contributed by atoms with Crippen molar-refractivity contribution in [2.24, 2.45) is 13.0 Å². The molecule has 1 aliphatic rings. The highest BCUT2D eigenvalue weighted by molar-refractivity contribution is 5.81. The quantitative estimate of drug-likeness (QED) is 0.916. The fourth-order valence-electron chi connectivity index (χ4n) is 2.45. The first-order valence-electron chi connectivity index (χ1n) is 6.80. The van der Waals surface area contributed by atoms with Crippen molar-refractivity contribution in [1.82, 2.24) is 19.8 Å². The van der Waals surface area contributed by atoms with Crippen LogP contribution in [-0.2, 0) is 18.4 Å². The largest absolute Gasteiger partial charge is 0.393 e. The standard InChI is InChI=1S/C13H19F3N4O/c1-19-6-5-17-11(19)8-20(2)12(21)10-4-3-9(7-18-10)13(14,15)16/h5-6,9-10,18H,3-4,7-8H2,1-2H3. The third kappa shape index (κ3) is 3.75. The number of hydrogen-bond donors (Lipinski definition) is 1. The monoisotopic (exact) mass is 304 g/mol. The fourth-order valence-corrected chi connectivity index (χ4v) is 2.45.